The number of fused-ring (bicyclic) bond motifs is 14. The number of benzene rings is 13. The summed E-state index contributed by atoms with van der Waals surface area (Å²) in [6.45, 7) is 0. The van der Waals surface area contributed by atoms with Gasteiger partial charge in [0, 0.05) is 71.2 Å². The predicted octanol–water partition coefficient (Wildman–Crippen LogP) is 21.5. The summed E-state index contributed by atoms with van der Waals surface area (Å²) in [5.41, 5.74) is 21.5. The zero-order chi connectivity index (χ0) is 57.8. The zero-order valence-electron chi connectivity index (χ0n) is 47.3. The lowest BCUT2D eigenvalue weighted by atomic mass is 9.93. The van der Waals surface area contributed by atoms with E-state index in [4.69, 9.17) is 23.8 Å². The molecule has 0 aliphatic carbocycles. The van der Waals surface area contributed by atoms with Crippen molar-refractivity contribution in [3.05, 3.63) is 297 Å². The second kappa shape index (κ2) is 19.8. The van der Waals surface area contributed by atoms with Crippen LogP contribution in [0.1, 0.15) is 0 Å². The van der Waals surface area contributed by atoms with Crippen LogP contribution >= 0.6 is 0 Å². The fraction of sp³-hybridized carbons (Fsp3) is 0. The Labute approximate surface area is 504 Å². The van der Waals surface area contributed by atoms with Gasteiger partial charge in [-0.1, -0.05) is 206 Å². The topological polar surface area (TPSA) is 74.8 Å². The van der Waals surface area contributed by atoms with Crippen LogP contribution in [0.4, 0.5) is 0 Å². The minimum absolute atomic E-state index is 0.582. The van der Waals surface area contributed by atoms with Crippen LogP contribution in [-0.4, -0.2) is 24.1 Å². The second-order valence-corrected chi connectivity index (χ2v) is 22.6. The van der Waals surface area contributed by atoms with E-state index in [0.29, 0.717) is 17.5 Å². The number of nitrogens with zero attached hydrogens (tertiary/aromatic N) is 5. The number of rotatable bonds is 9. The monoisotopic (exact) mass is 1120 g/mol. The molecule has 18 rings (SSSR count). The third kappa shape index (κ3) is 7.95. The summed E-state index contributed by atoms with van der Waals surface area (Å²) in [4.78, 5) is 15.6. The number of hydrogen-bond acceptors (Lipinski definition) is 5. The molecule has 18 aromatic rings. The van der Waals surface area contributed by atoms with Gasteiger partial charge in [0.25, 0.3) is 0 Å². The summed E-state index contributed by atoms with van der Waals surface area (Å²) in [6.07, 6.45) is 0. The highest BCUT2D eigenvalue weighted by atomic mass is 16.3. The fourth-order valence-electron chi connectivity index (χ4n) is 13.4. The Kier molecular flexibility index (Phi) is 11.2. The lowest BCUT2D eigenvalue weighted by Crippen LogP contribution is -2.00. The average molecular weight is 1120 g/mol. The van der Waals surface area contributed by atoms with E-state index in [2.05, 4.69) is 270 Å². The van der Waals surface area contributed by atoms with E-state index in [1.807, 2.05) is 36.4 Å². The SMILES string of the molecule is c1ccc(-c2cc(-c3ccccc3)cc(-c3ccc(-n4c5ccccc5c5c(-c6ccc(-c7nc(-c8ccccc8)nc(-c8ccc(-n9c%10ccccc%10c%10ccc%11c%12ccccc%12oc%11c%109)cc8)n7)cc6)cc6c7ccccc7oc6c54)cc3)c2)cc1. The Morgan fingerprint density at radius 3 is 1.17 bits per heavy atom. The number of aromatic nitrogens is 5. The Morgan fingerprint density at radius 1 is 0.239 bits per heavy atom. The maximum atomic E-state index is 6.96. The highest BCUT2D eigenvalue weighted by Crippen LogP contribution is 2.47. The van der Waals surface area contributed by atoms with Crippen LogP contribution in [0.2, 0.25) is 0 Å². The van der Waals surface area contributed by atoms with Crippen molar-refractivity contribution in [2.45, 2.75) is 0 Å². The highest BCUT2D eigenvalue weighted by molar-refractivity contribution is 6.26. The zero-order valence-corrected chi connectivity index (χ0v) is 47.3. The molecule has 0 saturated carbocycles. The molecule has 5 heterocycles. The van der Waals surface area contributed by atoms with E-state index in [1.165, 1.54) is 22.3 Å². The van der Waals surface area contributed by atoms with Crippen LogP contribution in [-0.2, 0) is 0 Å². The van der Waals surface area contributed by atoms with Gasteiger partial charge in [0.15, 0.2) is 28.6 Å². The first-order chi connectivity index (χ1) is 43.6. The van der Waals surface area contributed by atoms with Gasteiger partial charge in [0.2, 0.25) is 0 Å². The van der Waals surface area contributed by atoms with Crippen LogP contribution < -0.4 is 0 Å². The first kappa shape index (κ1) is 49.5. The second-order valence-electron chi connectivity index (χ2n) is 22.6. The van der Waals surface area contributed by atoms with Crippen LogP contribution in [0.5, 0.6) is 0 Å². The molecule has 410 valence electrons. The molecule has 0 radical (unpaired) electrons. The number of hydrogen-bond donors (Lipinski definition) is 0. The van der Waals surface area contributed by atoms with Crippen molar-refractivity contribution >= 4 is 87.5 Å². The van der Waals surface area contributed by atoms with E-state index in [1.54, 1.807) is 0 Å². The highest BCUT2D eigenvalue weighted by Gasteiger charge is 2.25. The molecule has 0 spiro atoms. The summed E-state index contributed by atoms with van der Waals surface area (Å²) >= 11 is 0. The Bertz CT molecular complexity index is 5710. The van der Waals surface area contributed by atoms with Crippen LogP contribution in [0.15, 0.2) is 306 Å². The first-order valence-electron chi connectivity index (χ1n) is 29.7. The first-order valence-corrected chi connectivity index (χ1v) is 29.7. The summed E-state index contributed by atoms with van der Waals surface area (Å²) in [7, 11) is 0. The van der Waals surface area contributed by atoms with Gasteiger partial charge in [-0.2, -0.15) is 0 Å². The fourth-order valence-corrected chi connectivity index (χ4v) is 13.4. The maximum Gasteiger partial charge on any atom is 0.164 e. The maximum absolute atomic E-state index is 6.96. The molecule has 13 aromatic carbocycles. The van der Waals surface area contributed by atoms with Gasteiger partial charge in [-0.3, -0.25) is 0 Å². The van der Waals surface area contributed by atoms with Crippen molar-refractivity contribution in [1.82, 2.24) is 24.1 Å². The van der Waals surface area contributed by atoms with Crippen molar-refractivity contribution in [3.63, 3.8) is 0 Å². The van der Waals surface area contributed by atoms with Gasteiger partial charge in [-0.25, -0.2) is 15.0 Å². The molecule has 88 heavy (non-hydrogen) atoms. The van der Waals surface area contributed by atoms with Crippen molar-refractivity contribution in [3.8, 4) is 90.0 Å². The molecule has 7 nitrogen and oxygen atoms in total. The van der Waals surface area contributed by atoms with Crippen molar-refractivity contribution in [2.75, 3.05) is 0 Å². The Hall–Kier alpha value is -11.9. The van der Waals surface area contributed by atoms with E-state index < -0.39 is 0 Å². The van der Waals surface area contributed by atoms with Crippen LogP contribution in [0.3, 0.4) is 0 Å². The molecule has 0 N–H and O–H groups in total. The third-order valence-corrected chi connectivity index (χ3v) is 17.6. The molecule has 7 heteroatoms. The van der Waals surface area contributed by atoms with Gasteiger partial charge in [0.1, 0.15) is 11.2 Å². The lowest BCUT2D eigenvalue weighted by Gasteiger charge is -2.13. The van der Waals surface area contributed by atoms with E-state index in [0.717, 1.165) is 138 Å². The molecule has 0 amide bonds. The molecule has 5 aromatic heterocycles. The van der Waals surface area contributed by atoms with Gasteiger partial charge < -0.3 is 18.0 Å². The molecular formula is C81H49N5O2. The van der Waals surface area contributed by atoms with Crippen LogP contribution in [0, 0.1) is 0 Å². The molecular weight excluding hydrogens is 1070 g/mol. The molecule has 0 saturated heterocycles. The van der Waals surface area contributed by atoms with E-state index in [9.17, 15) is 0 Å². The van der Waals surface area contributed by atoms with Crippen LogP contribution in [0.25, 0.3) is 178 Å². The Balaban J connectivity index is 0.754. The summed E-state index contributed by atoms with van der Waals surface area (Å²) in [6, 6.07) is 105. The molecule has 0 aliphatic heterocycles. The van der Waals surface area contributed by atoms with Gasteiger partial charge in [0.05, 0.1) is 22.1 Å². The van der Waals surface area contributed by atoms with Crippen molar-refractivity contribution in [2.24, 2.45) is 0 Å². The minimum Gasteiger partial charge on any atom is -0.454 e. The van der Waals surface area contributed by atoms with Gasteiger partial charge in [-0.05, 0) is 136 Å². The van der Waals surface area contributed by atoms with Crippen molar-refractivity contribution < 1.29 is 8.83 Å². The molecule has 0 bridgehead atoms. The third-order valence-electron chi connectivity index (χ3n) is 17.6. The smallest absolute Gasteiger partial charge is 0.164 e. The molecule has 0 fully saturated rings. The summed E-state index contributed by atoms with van der Waals surface area (Å²) < 4.78 is 18.3. The van der Waals surface area contributed by atoms with Crippen molar-refractivity contribution in [1.29, 1.82) is 0 Å². The van der Waals surface area contributed by atoms with Gasteiger partial charge in [-0.15, -0.1) is 0 Å². The Morgan fingerprint density at radius 2 is 0.614 bits per heavy atom. The van der Waals surface area contributed by atoms with Gasteiger partial charge >= 0.3 is 0 Å². The van der Waals surface area contributed by atoms with E-state index >= 15 is 0 Å². The molecule has 0 unspecified atom stereocenters. The average Bonchev–Trinajstić information content (AvgIpc) is 1.70. The lowest BCUT2D eigenvalue weighted by molar-refractivity contribution is 0.670. The number of furan rings is 2. The van der Waals surface area contributed by atoms with E-state index in [-0.39, 0.29) is 0 Å². The predicted molar refractivity (Wildman–Crippen MR) is 361 cm³/mol. The molecule has 0 aliphatic rings. The largest absolute Gasteiger partial charge is 0.454 e. The minimum atomic E-state index is 0.582. The summed E-state index contributed by atoms with van der Waals surface area (Å²) in [5, 5.41) is 8.86. The normalized spacial score (nSPS) is 11.9. The number of para-hydroxylation sites is 4. The quantitative estimate of drug-likeness (QED) is 0.144. The molecule has 0 atom stereocenters. The standard InChI is InChI=1S/C81H49N5O2/c1-4-18-50(19-5-1)57-46-58(51-20-6-2-7-21-51)48-59(47-57)52-36-40-61(41-37-52)86-71-29-15-11-27-67(71)74-68(49-69-64-26-13-17-31-73(64)88-78(69)76(74)86)53-32-34-55(35-33-53)80-82-79(54-22-8-3-9-23-54)83-81(84-80)56-38-42-60(43-39-56)85-70-28-14-10-24-62(70)65-44-45-66-63-25-12-16-30-72(63)87-77(66)75(65)85/h1-49H. The summed E-state index contributed by atoms with van der Waals surface area (Å²) in [5.74, 6) is 1.76.